The molecular formula is C26H21ClN2O4. The van der Waals surface area contributed by atoms with Gasteiger partial charge in [-0.2, -0.15) is 0 Å². The van der Waals surface area contributed by atoms with Gasteiger partial charge < -0.3 is 10.1 Å². The molecule has 1 aliphatic heterocycles. The number of hydrogen-bond donors (Lipinski definition) is 1. The molecule has 0 aromatic heterocycles. The van der Waals surface area contributed by atoms with Crippen molar-refractivity contribution in [1.29, 1.82) is 0 Å². The molecule has 4 rings (SSSR count). The minimum absolute atomic E-state index is 0.0161. The van der Waals surface area contributed by atoms with Crippen molar-refractivity contribution >= 4 is 40.8 Å². The molecule has 0 atom stereocenters. The van der Waals surface area contributed by atoms with E-state index in [0.717, 1.165) is 21.6 Å². The molecule has 0 bridgehead atoms. The summed E-state index contributed by atoms with van der Waals surface area (Å²) in [6.45, 7) is 5.66. The number of halogens is 1. The van der Waals surface area contributed by atoms with Crippen molar-refractivity contribution in [3.63, 3.8) is 0 Å². The number of amides is 2. The zero-order chi connectivity index (χ0) is 23.7. The van der Waals surface area contributed by atoms with Crippen LogP contribution < -0.4 is 15.0 Å². The standard InChI is InChI=1S/C26H21ClN2O4/c1-15-6-4-8-20(14-15)33-26(32)18-10-12-19(13-11-18)28-23-22(27)24(30)29(25(23)31)21-9-5-7-16(2)17(21)3/h4-14,28H,1-3H3. The molecule has 1 heterocycles. The van der Waals surface area contributed by atoms with Gasteiger partial charge in [-0.3, -0.25) is 9.59 Å². The van der Waals surface area contributed by atoms with Crippen molar-refractivity contribution in [2.24, 2.45) is 0 Å². The van der Waals surface area contributed by atoms with Crippen LogP contribution in [0.3, 0.4) is 0 Å². The molecule has 0 aliphatic carbocycles. The van der Waals surface area contributed by atoms with Crippen LogP contribution in [-0.2, 0) is 9.59 Å². The summed E-state index contributed by atoms with van der Waals surface area (Å²) in [7, 11) is 0. The van der Waals surface area contributed by atoms with E-state index in [4.69, 9.17) is 16.3 Å². The number of carbonyl (C=O) groups is 3. The molecule has 0 spiro atoms. The number of hydrogen-bond acceptors (Lipinski definition) is 5. The Labute approximate surface area is 196 Å². The first-order valence-electron chi connectivity index (χ1n) is 10.3. The molecule has 1 aliphatic rings. The fourth-order valence-electron chi connectivity index (χ4n) is 3.49. The van der Waals surface area contributed by atoms with Gasteiger partial charge in [-0.15, -0.1) is 0 Å². The summed E-state index contributed by atoms with van der Waals surface area (Å²) in [6, 6.07) is 19.0. The molecule has 7 heteroatoms. The number of carbonyl (C=O) groups excluding carboxylic acids is 3. The predicted molar refractivity (Wildman–Crippen MR) is 127 cm³/mol. The van der Waals surface area contributed by atoms with Crippen LogP contribution in [0.2, 0.25) is 0 Å². The van der Waals surface area contributed by atoms with Gasteiger partial charge in [-0.25, -0.2) is 9.69 Å². The van der Waals surface area contributed by atoms with Crippen LogP contribution in [0.4, 0.5) is 11.4 Å². The van der Waals surface area contributed by atoms with E-state index in [-0.39, 0.29) is 10.7 Å². The Kier molecular flexibility index (Phi) is 6.03. The second kappa shape index (κ2) is 8.92. The topological polar surface area (TPSA) is 75.7 Å². The van der Waals surface area contributed by atoms with E-state index >= 15 is 0 Å². The number of nitrogens with zero attached hydrogens (tertiary/aromatic N) is 1. The number of benzene rings is 3. The molecule has 166 valence electrons. The van der Waals surface area contributed by atoms with Crippen LogP contribution in [0.5, 0.6) is 5.75 Å². The van der Waals surface area contributed by atoms with Crippen LogP contribution in [0.1, 0.15) is 27.0 Å². The molecule has 0 unspecified atom stereocenters. The lowest BCUT2D eigenvalue weighted by Gasteiger charge is -2.18. The highest BCUT2D eigenvalue weighted by atomic mass is 35.5. The predicted octanol–water partition coefficient (Wildman–Crippen LogP) is 5.27. The summed E-state index contributed by atoms with van der Waals surface area (Å²) in [5.41, 5.74) is 4.08. The Bertz CT molecular complexity index is 1310. The maximum absolute atomic E-state index is 13.0. The van der Waals surface area contributed by atoms with Crippen LogP contribution >= 0.6 is 11.6 Å². The third-order valence-corrected chi connectivity index (χ3v) is 5.78. The van der Waals surface area contributed by atoms with Crippen molar-refractivity contribution in [1.82, 2.24) is 0 Å². The summed E-state index contributed by atoms with van der Waals surface area (Å²) in [6.07, 6.45) is 0. The average Bonchev–Trinajstić information content (AvgIpc) is 2.99. The zero-order valence-corrected chi connectivity index (χ0v) is 19.1. The lowest BCUT2D eigenvalue weighted by atomic mass is 10.1. The second-order valence-corrected chi connectivity index (χ2v) is 8.14. The number of ether oxygens (including phenoxy) is 1. The Morgan fingerprint density at radius 1 is 0.909 bits per heavy atom. The van der Waals surface area contributed by atoms with Gasteiger partial charge in [-0.1, -0.05) is 35.9 Å². The molecule has 0 saturated heterocycles. The van der Waals surface area contributed by atoms with Gasteiger partial charge >= 0.3 is 5.97 Å². The van der Waals surface area contributed by atoms with E-state index in [0.29, 0.717) is 22.7 Å². The molecule has 0 fully saturated rings. The van der Waals surface area contributed by atoms with Crippen LogP contribution in [-0.4, -0.2) is 17.8 Å². The largest absolute Gasteiger partial charge is 0.423 e. The van der Waals surface area contributed by atoms with Gasteiger partial charge in [0.25, 0.3) is 11.8 Å². The summed E-state index contributed by atoms with van der Waals surface area (Å²) < 4.78 is 5.39. The van der Waals surface area contributed by atoms with E-state index in [2.05, 4.69) is 5.32 Å². The maximum atomic E-state index is 13.0. The van der Waals surface area contributed by atoms with Crippen molar-refractivity contribution in [3.05, 3.63) is 99.7 Å². The number of rotatable bonds is 5. The van der Waals surface area contributed by atoms with E-state index < -0.39 is 17.8 Å². The molecule has 0 saturated carbocycles. The summed E-state index contributed by atoms with van der Waals surface area (Å²) in [5, 5.41) is 2.72. The number of esters is 1. The second-order valence-electron chi connectivity index (χ2n) is 7.76. The molecular weight excluding hydrogens is 440 g/mol. The molecule has 1 N–H and O–H groups in total. The SMILES string of the molecule is Cc1cccc(OC(=O)c2ccc(NC3=C(Cl)C(=O)N(c4cccc(C)c4C)C3=O)cc2)c1. The van der Waals surface area contributed by atoms with Gasteiger partial charge in [0.05, 0.1) is 11.3 Å². The lowest BCUT2D eigenvalue weighted by Crippen LogP contribution is -2.33. The van der Waals surface area contributed by atoms with E-state index in [1.165, 1.54) is 0 Å². The quantitative estimate of drug-likeness (QED) is 0.319. The van der Waals surface area contributed by atoms with Crippen molar-refractivity contribution in [3.8, 4) is 5.75 Å². The van der Waals surface area contributed by atoms with Crippen molar-refractivity contribution in [2.75, 3.05) is 10.2 Å². The van der Waals surface area contributed by atoms with Gasteiger partial charge in [0.1, 0.15) is 16.5 Å². The normalized spacial score (nSPS) is 13.5. The molecule has 0 radical (unpaired) electrons. The summed E-state index contributed by atoms with van der Waals surface area (Å²) in [5.74, 6) is -1.17. The Balaban J connectivity index is 1.50. The van der Waals surface area contributed by atoms with E-state index in [1.54, 1.807) is 48.5 Å². The fraction of sp³-hybridized carbons (Fsp3) is 0.115. The highest BCUT2D eigenvalue weighted by Gasteiger charge is 2.39. The van der Waals surface area contributed by atoms with Gasteiger partial charge in [-0.05, 0) is 79.9 Å². The minimum atomic E-state index is -0.587. The zero-order valence-electron chi connectivity index (χ0n) is 18.3. The molecule has 3 aromatic carbocycles. The monoisotopic (exact) mass is 460 g/mol. The third-order valence-electron chi connectivity index (χ3n) is 5.43. The van der Waals surface area contributed by atoms with Gasteiger partial charge in [0, 0.05) is 5.69 Å². The van der Waals surface area contributed by atoms with Crippen molar-refractivity contribution in [2.45, 2.75) is 20.8 Å². The van der Waals surface area contributed by atoms with E-state index in [1.807, 2.05) is 39.0 Å². The van der Waals surface area contributed by atoms with Crippen LogP contribution in [0.25, 0.3) is 0 Å². The first-order valence-corrected chi connectivity index (χ1v) is 10.6. The maximum Gasteiger partial charge on any atom is 0.343 e. The smallest absolute Gasteiger partial charge is 0.343 e. The summed E-state index contributed by atoms with van der Waals surface area (Å²) >= 11 is 6.23. The molecule has 33 heavy (non-hydrogen) atoms. The fourth-order valence-corrected chi connectivity index (χ4v) is 3.70. The van der Waals surface area contributed by atoms with E-state index in [9.17, 15) is 14.4 Å². The van der Waals surface area contributed by atoms with Crippen LogP contribution in [0.15, 0.2) is 77.5 Å². The highest BCUT2D eigenvalue weighted by molar-refractivity contribution is 6.53. The number of aryl methyl sites for hydroxylation is 2. The highest BCUT2D eigenvalue weighted by Crippen LogP contribution is 2.33. The number of nitrogens with one attached hydrogen (secondary N) is 1. The Hall–Kier alpha value is -3.90. The molecule has 6 nitrogen and oxygen atoms in total. The summed E-state index contributed by atoms with van der Waals surface area (Å²) in [4.78, 5) is 39.2. The van der Waals surface area contributed by atoms with Gasteiger partial charge in [0.15, 0.2) is 0 Å². The third kappa shape index (κ3) is 4.38. The first-order chi connectivity index (χ1) is 15.8. The molecule has 2 amide bonds. The first kappa shape index (κ1) is 22.3. The van der Waals surface area contributed by atoms with Crippen LogP contribution in [0, 0.1) is 20.8 Å². The van der Waals surface area contributed by atoms with Gasteiger partial charge in [0.2, 0.25) is 0 Å². The number of anilines is 2. The van der Waals surface area contributed by atoms with Crippen molar-refractivity contribution < 1.29 is 19.1 Å². The lowest BCUT2D eigenvalue weighted by molar-refractivity contribution is -0.120. The average molecular weight is 461 g/mol. The number of imide groups is 1. The Morgan fingerprint density at radius 2 is 1.61 bits per heavy atom. The molecule has 3 aromatic rings. The Morgan fingerprint density at radius 3 is 2.30 bits per heavy atom. The minimum Gasteiger partial charge on any atom is -0.423 e.